The summed E-state index contributed by atoms with van der Waals surface area (Å²) < 4.78 is 33.0. The molecule has 0 fully saturated rings. The van der Waals surface area contributed by atoms with Crippen LogP contribution in [0, 0.1) is 6.92 Å². The van der Waals surface area contributed by atoms with Crippen LogP contribution in [0.25, 0.3) is 0 Å². The van der Waals surface area contributed by atoms with Crippen molar-refractivity contribution in [1.82, 2.24) is 4.57 Å². The predicted octanol–water partition coefficient (Wildman–Crippen LogP) is 1.23. The molecule has 1 heterocycles. The maximum Gasteiger partial charge on any atom is 0.296 e. The number of primary amides is 1. The number of anilines is 1. The summed E-state index contributed by atoms with van der Waals surface area (Å²) in [6, 6.07) is 3.40. The van der Waals surface area contributed by atoms with E-state index in [0.717, 1.165) is 16.7 Å². The first kappa shape index (κ1) is 20.1. The number of rotatable bonds is 5. The third-order valence-corrected chi connectivity index (χ3v) is 4.64. The molecule has 1 aromatic heterocycles. The highest BCUT2D eigenvalue weighted by atomic mass is 32.2. The van der Waals surface area contributed by atoms with Crippen molar-refractivity contribution in [2.24, 2.45) is 16.0 Å². The number of hydrogen-bond donors (Lipinski definition) is 4. The molecule has 2 rings (SSSR count). The van der Waals surface area contributed by atoms with Gasteiger partial charge < -0.3 is 16.6 Å². The summed E-state index contributed by atoms with van der Waals surface area (Å²) in [4.78, 5) is 23.5. The standard InChI is InChI=1S/C15H17N5O6S/c1-3-20-14(22)11(13(17)21)7(2)12(15(20)23)19-18-9-6-8(16)4-5-10(9)27(24,25)26/h4-6,22H,3,16H2,1-2H3,(H2,17,21)(H,24,25,26). The Morgan fingerprint density at radius 2 is 1.93 bits per heavy atom. The summed E-state index contributed by atoms with van der Waals surface area (Å²) >= 11 is 0. The largest absolute Gasteiger partial charge is 0.494 e. The fourth-order valence-corrected chi connectivity index (χ4v) is 3.05. The van der Waals surface area contributed by atoms with Gasteiger partial charge >= 0.3 is 0 Å². The molecule has 0 unspecified atom stereocenters. The van der Waals surface area contributed by atoms with E-state index in [1.807, 2.05) is 0 Å². The van der Waals surface area contributed by atoms with Gasteiger partial charge in [-0.15, -0.1) is 10.2 Å². The van der Waals surface area contributed by atoms with Crippen LogP contribution < -0.4 is 17.0 Å². The maximum atomic E-state index is 12.5. The van der Waals surface area contributed by atoms with E-state index in [9.17, 15) is 27.7 Å². The van der Waals surface area contributed by atoms with E-state index in [2.05, 4.69) is 10.2 Å². The van der Waals surface area contributed by atoms with Gasteiger partial charge in [-0.2, -0.15) is 8.42 Å². The second kappa shape index (κ2) is 7.17. The third kappa shape index (κ3) is 3.80. The molecule has 6 N–H and O–H groups in total. The number of nitrogen functional groups attached to an aromatic ring is 1. The first-order valence-corrected chi connectivity index (χ1v) is 8.98. The van der Waals surface area contributed by atoms with Gasteiger partial charge in [0.05, 0.1) is 0 Å². The van der Waals surface area contributed by atoms with Crippen LogP contribution >= 0.6 is 0 Å². The number of amides is 1. The molecule has 144 valence electrons. The van der Waals surface area contributed by atoms with Gasteiger partial charge in [-0.3, -0.25) is 18.7 Å². The summed E-state index contributed by atoms with van der Waals surface area (Å²) in [6.07, 6.45) is 0. The molecule has 0 bridgehead atoms. The Hall–Kier alpha value is -3.25. The lowest BCUT2D eigenvalue weighted by atomic mass is 10.1. The first-order valence-electron chi connectivity index (χ1n) is 7.54. The number of nitrogens with two attached hydrogens (primary N) is 2. The molecule has 0 aliphatic heterocycles. The van der Waals surface area contributed by atoms with E-state index in [4.69, 9.17) is 11.5 Å². The number of aromatic nitrogens is 1. The van der Waals surface area contributed by atoms with Crippen LogP contribution in [0.5, 0.6) is 5.88 Å². The highest BCUT2D eigenvalue weighted by Gasteiger charge is 2.22. The third-order valence-electron chi connectivity index (χ3n) is 3.74. The smallest absolute Gasteiger partial charge is 0.296 e. The van der Waals surface area contributed by atoms with Gasteiger partial charge in [-0.1, -0.05) is 0 Å². The highest BCUT2D eigenvalue weighted by Crippen LogP contribution is 2.30. The summed E-state index contributed by atoms with van der Waals surface area (Å²) in [5, 5.41) is 17.5. The Labute approximate surface area is 153 Å². The van der Waals surface area contributed by atoms with E-state index in [-0.39, 0.29) is 34.7 Å². The van der Waals surface area contributed by atoms with Gasteiger partial charge in [0, 0.05) is 17.8 Å². The van der Waals surface area contributed by atoms with Crippen LogP contribution in [0.3, 0.4) is 0 Å². The molecule has 0 spiro atoms. The number of azo groups is 1. The van der Waals surface area contributed by atoms with Crippen LogP contribution in [0.1, 0.15) is 22.8 Å². The van der Waals surface area contributed by atoms with Crippen molar-refractivity contribution in [1.29, 1.82) is 0 Å². The van der Waals surface area contributed by atoms with E-state index in [0.29, 0.717) is 0 Å². The zero-order chi connectivity index (χ0) is 20.5. The molecule has 0 aliphatic rings. The second-order valence-electron chi connectivity index (χ2n) is 5.49. The quantitative estimate of drug-likeness (QED) is 0.332. The fraction of sp³-hybridized carbons (Fsp3) is 0.200. The molecular weight excluding hydrogens is 378 g/mol. The normalized spacial score (nSPS) is 11.8. The molecule has 0 saturated heterocycles. The molecule has 0 aliphatic carbocycles. The Morgan fingerprint density at radius 1 is 1.30 bits per heavy atom. The fourth-order valence-electron chi connectivity index (χ4n) is 2.45. The summed E-state index contributed by atoms with van der Waals surface area (Å²) in [5.74, 6) is -1.58. The molecule has 11 nitrogen and oxygen atoms in total. The number of benzene rings is 1. The zero-order valence-electron chi connectivity index (χ0n) is 14.4. The van der Waals surface area contributed by atoms with E-state index < -0.39 is 32.4 Å². The predicted molar refractivity (Wildman–Crippen MR) is 96.1 cm³/mol. The minimum atomic E-state index is -4.62. The van der Waals surface area contributed by atoms with Crippen LogP contribution in [0.2, 0.25) is 0 Å². The Morgan fingerprint density at radius 3 is 2.44 bits per heavy atom. The van der Waals surface area contributed by atoms with E-state index in [1.165, 1.54) is 13.0 Å². The summed E-state index contributed by atoms with van der Waals surface area (Å²) in [7, 11) is -4.62. The van der Waals surface area contributed by atoms with Crippen LogP contribution in [-0.2, 0) is 16.7 Å². The van der Waals surface area contributed by atoms with E-state index >= 15 is 0 Å². The monoisotopic (exact) mass is 395 g/mol. The zero-order valence-corrected chi connectivity index (χ0v) is 15.2. The Kier molecular flexibility index (Phi) is 5.33. The van der Waals surface area contributed by atoms with Crippen molar-refractivity contribution in [3.8, 4) is 5.88 Å². The molecule has 1 amide bonds. The summed E-state index contributed by atoms with van der Waals surface area (Å²) in [5.41, 5.74) is 9.24. The van der Waals surface area contributed by atoms with Gasteiger partial charge in [-0.25, -0.2) is 0 Å². The second-order valence-corrected chi connectivity index (χ2v) is 6.88. The molecule has 12 heteroatoms. The highest BCUT2D eigenvalue weighted by molar-refractivity contribution is 7.86. The number of nitrogens with zero attached hydrogens (tertiary/aromatic N) is 3. The van der Waals surface area contributed by atoms with Crippen molar-refractivity contribution >= 4 is 33.1 Å². The summed E-state index contributed by atoms with van der Waals surface area (Å²) in [6.45, 7) is 2.90. The average molecular weight is 395 g/mol. The van der Waals surface area contributed by atoms with Crippen molar-refractivity contribution in [2.75, 3.05) is 5.73 Å². The average Bonchev–Trinajstić information content (AvgIpc) is 2.53. The SMILES string of the molecule is CCn1c(O)c(C(N)=O)c(C)c(N=Nc2cc(N)ccc2S(=O)(=O)O)c1=O. The topological polar surface area (TPSA) is 190 Å². The molecule has 2 aromatic rings. The van der Waals surface area contributed by atoms with Crippen LogP contribution in [0.15, 0.2) is 38.1 Å². The molecule has 27 heavy (non-hydrogen) atoms. The minimum Gasteiger partial charge on any atom is -0.494 e. The van der Waals surface area contributed by atoms with Crippen molar-refractivity contribution < 1.29 is 22.9 Å². The van der Waals surface area contributed by atoms with Crippen LogP contribution in [-0.4, -0.2) is 28.6 Å². The Balaban J connectivity index is 2.76. The van der Waals surface area contributed by atoms with Gasteiger partial charge in [0.1, 0.15) is 16.1 Å². The minimum absolute atomic E-state index is 0.0162. The lowest BCUT2D eigenvalue weighted by molar-refractivity contribution is 0.0995. The number of carbonyl (C=O) groups is 1. The van der Waals surface area contributed by atoms with Gasteiger partial charge in [0.25, 0.3) is 21.6 Å². The van der Waals surface area contributed by atoms with Crippen molar-refractivity contribution in [3.05, 3.63) is 39.7 Å². The van der Waals surface area contributed by atoms with Crippen molar-refractivity contribution in [2.45, 2.75) is 25.3 Å². The molecule has 0 atom stereocenters. The number of pyridine rings is 1. The lowest BCUT2D eigenvalue weighted by Gasteiger charge is -2.13. The van der Waals surface area contributed by atoms with Gasteiger partial charge in [-0.05, 0) is 32.0 Å². The van der Waals surface area contributed by atoms with Crippen molar-refractivity contribution in [3.63, 3.8) is 0 Å². The van der Waals surface area contributed by atoms with E-state index in [1.54, 1.807) is 6.92 Å². The van der Waals surface area contributed by atoms with Crippen LogP contribution in [0.4, 0.5) is 17.1 Å². The molecule has 0 saturated carbocycles. The lowest BCUT2D eigenvalue weighted by Crippen LogP contribution is -2.25. The molecule has 1 aromatic carbocycles. The number of carbonyl (C=O) groups excluding carboxylic acids is 1. The Bertz CT molecular complexity index is 1120. The van der Waals surface area contributed by atoms with Gasteiger partial charge in [0.2, 0.25) is 5.88 Å². The number of aromatic hydroxyl groups is 1. The molecular formula is C15H17N5O6S. The molecule has 0 radical (unpaired) electrons. The maximum absolute atomic E-state index is 12.5. The van der Waals surface area contributed by atoms with Gasteiger partial charge in [0.15, 0.2) is 5.69 Å². The number of hydrogen-bond acceptors (Lipinski definition) is 8. The first-order chi connectivity index (χ1) is 12.5.